The standard InChI is InChI=1S/C18H20ClN3O3S/c19-16-1-3-17(4-2-16)26(24,25)22-11-7-15(8-12-22)18(23)21-13-14-5-9-20-10-6-14/h1-6,9-10,15H,7-8,11-13H2,(H,21,23). The summed E-state index contributed by atoms with van der Waals surface area (Å²) >= 11 is 5.82. The van der Waals surface area contributed by atoms with Gasteiger partial charge in [-0.05, 0) is 54.8 Å². The zero-order chi connectivity index (χ0) is 18.6. The number of sulfonamides is 1. The number of piperidine rings is 1. The molecule has 1 amide bonds. The van der Waals surface area contributed by atoms with Crippen molar-refractivity contribution < 1.29 is 13.2 Å². The number of carbonyl (C=O) groups is 1. The molecule has 138 valence electrons. The molecule has 6 nitrogen and oxygen atoms in total. The normalized spacial score (nSPS) is 16.3. The summed E-state index contributed by atoms with van der Waals surface area (Å²) in [5.41, 5.74) is 0.983. The topological polar surface area (TPSA) is 79.4 Å². The molecular weight excluding hydrogens is 374 g/mol. The maximum Gasteiger partial charge on any atom is 0.243 e. The van der Waals surface area contributed by atoms with E-state index in [9.17, 15) is 13.2 Å². The monoisotopic (exact) mass is 393 g/mol. The molecule has 8 heteroatoms. The van der Waals surface area contributed by atoms with E-state index in [1.54, 1.807) is 24.5 Å². The van der Waals surface area contributed by atoms with E-state index in [0.717, 1.165) is 5.56 Å². The molecule has 1 aromatic carbocycles. The van der Waals surface area contributed by atoms with Crippen LogP contribution in [0, 0.1) is 5.92 Å². The molecule has 0 unspecified atom stereocenters. The van der Waals surface area contributed by atoms with Crippen molar-refractivity contribution in [3.63, 3.8) is 0 Å². The Hall–Kier alpha value is -1.96. The average molecular weight is 394 g/mol. The number of aromatic nitrogens is 1. The van der Waals surface area contributed by atoms with Gasteiger partial charge in [0, 0.05) is 43.0 Å². The zero-order valence-electron chi connectivity index (χ0n) is 14.1. The molecule has 0 saturated carbocycles. The van der Waals surface area contributed by atoms with E-state index in [-0.39, 0.29) is 16.7 Å². The molecule has 1 N–H and O–H groups in total. The molecule has 0 spiro atoms. The van der Waals surface area contributed by atoms with Crippen molar-refractivity contribution in [2.24, 2.45) is 5.92 Å². The Morgan fingerprint density at radius 1 is 1.12 bits per heavy atom. The number of nitrogens with one attached hydrogen (secondary N) is 1. The molecule has 1 aliphatic heterocycles. The Kier molecular flexibility index (Phi) is 5.90. The Labute approximate surface area is 158 Å². The highest BCUT2D eigenvalue weighted by atomic mass is 35.5. The molecule has 1 aromatic heterocycles. The van der Waals surface area contributed by atoms with E-state index in [0.29, 0.717) is 37.5 Å². The minimum atomic E-state index is -3.55. The quantitative estimate of drug-likeness (QED) is 0.846. The highest BCUT2D eigenvalue weighted by molar-refractivity contribution is 7.89. The van der Waals surface area contributed by atoms with E-state index in [2.05, 4.69) is 10.3 Å². The number of benzene rings is 1. The van der Waals surface area contributed by atoms with Crippen molar-refractivity contribution >= 4 is 27.5 Å². The first-order valence-electron chi connectivity index (χ1n) is 8.39. The van der Waals surface area contributed by atoms with Crippen molar-refractivity contribution in [3.05, 3.63) is 59.4 Å². The summed E-state index contributed by atoms with van der Waals surface area (Å²) in [4.78, 5) is 16.5. The number of amides is 1. The fourth-order valence-electron chi connectivity index (χ4n) is 2.95. The first-order valence-corrected chi connectivity index (χ1v) is 10.2. The lowest BCUT2D eigenvalue weighted by atomic mass is 9.97. The predicted molar refractivity (Wildman–Crippen MR) is 99.0 cm³/mol. The molecule has 1 fully saturated rings. The molecule has 0 bridgehead atoms. The van der Waals surface area contributed by atoms with Gasteiger partial charge >= 0.3 is 0 Å². The van der Waals surface area contributed by atoms with Crippen LogP contribution in [-0.2, 0) is 21.4 Å². The summed E-state index contributed by atoms with van der Waals surface area (Å²) in [5.74, 6) is -0.209. The van der Waals surface area contributed by atoms with Gasteiger partial charge in [-0.1, -0.05) is 11.6 Å². The van der Waals surface area contributed by atoms with Gasteiger partial charge in [0.05, 0.1) is 4.90 Å². The van der Waals surface area contributed by atoms with Crippen molar-refractivity contribution in [3.8, 4) is 0 Å². The van der Waals surface area contributed by atoms with E-state index in [4.69, 9.17) is 11.6 Å². The van der Waals surface area contributed by atoms with Gasteiger partial charge in [-0.25, -0.2) is 8.42 Å². The molecule has 26 heavy (non-hydrogen) atoms. The van der Waals surface area contributed by atoms with E-state index in [1.165, 1.54) is 16.4 Å². The third-order valence-corrected chi connectivity index (χ3v) is 6.66. The van der Waals surface area contributed by atoms with Crippen LogP contribution >= 0.6 is 11.6 Å². The third kappa shape index (κ3) is 4.41. The number of rotatable bonds is 5. The number of carbonyl (C=O) groups excluding carboxylic acids is 1. The van der Waals surface area contributed by atoms with E-state index >= 15 is 0 Å². The van der Waals surface area contributed by atoms with Gasteiger partial charge in [-0.3, -0.25) is 9.78 Å². The predicted octanol–water partition coefficient (Wildman–Crippen LogP) is 2.45. The fraction of sp³-hybridized carbons (Fsp3) is 0.333. The summed E-state index contributed by atoms with van der Waals surface area (Å²) in [7, 11) is -3.55. The fourth-order valence-corrected chi connectivity index (χ4v) is 4.54. The molecule has 1 aliphatic rings. The zero-order valence-corrected chi connectivity index (χ0v) is 15.7. The number of nitrogens with zero attached hydrogens (tertiary/aromatic N) is 2. The largest absolute Gasteiger partial charge is 0.352 e. The lowest BCUT2D eigenvalue weighted by Gasteiger charge is -2.30. The summed E-state index contributed by atoms with van der Waals surface area (Å²) < 4.78 is 26.8. The second-order valence-corrected chi connectivity index (χ2v) is 8.58. The maximum atomic E-state index is 12.7. The summed E-state index contributed by atoms with van der Waals surface area (Å²) in [6.07, 6.45) is 4.38. The van der Waals surface area contributed by atoms with Crippen molar-refractivity contribution in [2.75, 3.05) is 13.1 Å². The third-order valence-electron chi connectivity index (χ3n) is 4.49. The Morgan fingerprint density at radius 3 is 2.35 bits per heavy atom. The Bertz CT molecular complexity index is 849. The molecule has 2 heterocycles. The van der Waals surface area contributed by atoms with Crippen LogP contribution in [-0.4, -0.2) is 36.7 Å². The number of hydrogen-bond donors (Lipinski definition) is 1. The van der Waals surface area contributed by atoms with Gasteiger partial charge in [0.2, 0.25) is 15.9 Å². The average Bonchev–Trinajstić information content (AvgIpc) is 2.67. The molecule has 0 aliphatic carbocycles. The number of hydrogen-bond acceptors (Lipinski definition) is 4. The van der Waals surface area contributed by atoms with Crippen LogP contribution in [0.1, 0.15) is 18.4 Å². The lowest BCUT2D eigenvalue weighted by molar-refractivity contribution is -0.126. The van der Waals surface area contributed by atoms with Gasteiger partial charge < -0.3 is 5.32 Å². The summed E-state index contributed by atoms with van der Waals surface area (Å²) in [5, 5.41) is 3.40. The first kappa shape index (κ1) is 18.8. The van der Waals surface area contributed by atoms with Crippen molar-refractivity contribution in [2.45, 2.75) is 24.3 Å². The van der Waals surface area contributed by atoms with Gasteiger partial charge in [-0.15, -0.1) is 0 Å². The summed E-state index contributed by atoms with van der Waals surface area (Å²) in [6, 6.07) is 9.83. The van der Waals surface area contributed by atoms with Gasteiger partial charge in [0.25, 0.3) is 0 Å². The summed E-state index contributed by atoms with van der Waals surface area (Å²) in [6.45, 7) is 1.11. The van der Waals surface area contributed by atoms with Crippen LogP contribution in [0.15, 0.2) is 53.7 Å². The molecule has 3 rings (SSSR count). The van der Waals surface area contributed by atoms with Crippen LogP contribution in [0.4, 0.5) is 0 Å². The Morgan fingerprint density at radius 2 is 1.73 bits per heavy atom. The maximum absolute atomic E-state index is 12.7. The number of pyridine rings is 1. The lowest BCUT2D eigenvalue weighted by Crippen LogP contribution is -2.42. The Balaban J connectivity index is 1.55. The molecular formula is C18H20ClN3O3S. The van der Waals surface area contributed by atoms with Crippen molar-refractivity contribution in [1.82, 2.24) is 14.6 Å². The highest BCUT2D eigenvalue weighted by Crippen LogP contribution is 2.24. The van der Waals surface area contributed by atoms with Gasteiger partial charge in [-0.2, -0.15) is 4.31 Å². The van der Waals surface area contributed by atoms with Crippen LogP contribution in [0.25, 0.3) is 0 Å². The van der Waals surface area contributed by atoms with E-state index in [1.807, 2.05) is 12.1 Å². The minimum Gasteiger partial charge on any atom is -0.352 e. The van der Waals surface area contributed by atoms with Crippen LogP contribution in [0.2, 0.25) is 5.02 Å². The molecule has 2 aromatic rings. The smallest absolute Gasteiger partial charge is 0.243 e. The number of halogens is 1. The van der Waals surface area contributed by atoms with Gasteiger partial charge in [0.15, 0.2) is 0 Å². The second kappa shape index (κ2) is 8.16. The van der Waals surface area contributed by atoms with Gasteiger partial charge in [0.1, 0.15) is 0 Å². The van der Waals surface area contributed by atoms with Crippen LogP contribution in [0.3, 0.4) is 0 Å². The highest BCUT2D eigenvalue weighted by Gasteiger charge is 2.31. The second-order valence-electron chi connectivity index (χ2n) is 6.21. The van der Waals surface area contributed by atoms with Crippen LogP contribution < -0.4 is 5.32 Å². The molecule has 0 atom stereocenters. The van der Waals surface area contributed by atoms with Crippen LogP contribution in [0.5, 0.6) is 0 Å². The van der Waals surface area contributed by atoms with Crippen molar-refractivity contribution in [1.29, 1.82) is 0 Å². The molecule has 1 saturated heterocycles. The SMILES string of the molecule is O=C(NCc1ccncc1)C1CCN(S(=O)(=O)c2ccc(Cl)cc2)CC1. The molecule has 0 radical (unpaired) electrons. The minimum absolute atomic E-state index is 0.0367. The van der Waals surface area contributed by atoms with E-state index < -0.39 is 10.0 Å². The first-order chi connectivity index (χ1) is 12.5.